The van der Waals surface area contributed by atoms with Crippen LogP contribution < -0.4 is 14.4 Å². The Morgan fingerprint density at radius 1 is 0.951 bits per heavy atom. The maximum Gasteiger partial charge on any atom is 0.264 e. The zero-order chi connectivity index (χ0) is 30.3. The molecule has 0 radical (unpaired) electrons. The molecular formula is C29H32Cl3N3O5S. The number of ether oxygens (including phenoxy) is 1. The van der Waals surface area contributed by atoms with Gasteiger partial charge in [-0.2, -0.15) is 0 Å². The van der Waals surface area contributed by atoms with Crippen LogP contribution in [0.25, 0.3) is 0 Å². The molecule has 1 N–H and O–H groups in total. The zero-order valence-corrected chi connectivity index (χ0v) is 26.2. The molecule has 3 aromatic carbocycles. The first-order valence-electron chi connectivity index (χ1n) is 12.8. The van der Waals surface area contributed by atoms with Gasteiger partial charge in [-0.1, -0.05) is 66.0 Å². The van der Waals surface area contributed by atoms with Crippen LogP contribution >= 0.6 is 34.8 Å². The summed E-state index contributed by atoms with van der Waals surface area (Å²) in [5.74, 6) is -0.850. The Morgan fingerprint density at radius 2 is 1.59 bits per heavy atom. The Bertz CT molecular complexity index is 1490. The van der Waals surface area contributed by atoms with E-state index in [-0.39, 0.29) is 33.9 Å². The van der Waals surface area contributed by atoms with Crippen LogP contribution in [0, 0.1) is 0 Å². The fourth-order valence-electron chi connectivity index (χ4n) is 3.97. The van der Waals surface area contributed by atoms with E-state index in [1.54, 1.807) is 43.3 Å². The zero-order valence-electron chi connectivity index (χ0n) is 23.1. The number of methoxy groups -OCH3 is 1. The highest BCUT2D eigenvalue weighted by molar-refractivity contribution is 7.92. The number of nitrogens with one attached hydrogen (secondary N) is 1. The molecule has 0 aliphatic rings. The predicted octanol–water partition coefficient (Wildman–Crippen LogP) is 6.18. The van der Waals surface area contributed by atoms with Crippen LogP contribution in [0.3, 0.4) is 0 Å². The second-order valence-corrected chi connectivity index (χ2v) is 12.5. The summed E-state index contributed by atoms with van der Waals surface area (Å²) >= 11 is 18.7. The molecule has 0 bridgehead atoms. The Balaban J connectivity index is 2.10. The number of sulfonamides is 1. The summed E-state index contributed by atoms with van der Waals surface area (Å²) in [6, 6.07) is 15.9. The highest BCUT2D eigenvalue weighted by Gasteiger charge is 2.34. The van der Waals surface area contributed by atoms with E-state index in [9.17, 15) is 18.0 Å². The molecule has 8 nitrogen and oxygen atoms in total. The normalized spacial score (nSPS) is 12.8. The molecule has 3 rings (SSSR count). The van der Waals surface area contributed by atoms with Crippen LogP contribution in [-0.2, 0) is 26.2 Å². The van der Waals surface area contributed by atoms with Crippen LogP contribution in [0.2, 0.25) is 15.1 Å². The van der Waals surface area contributed by atoms with Gasteiger partial charge in [-0.15, -0.1) is 0 Å². The molecule has 41 heavy (non-hydrogen) atoms. The number of benzene rings is 3. The minimum atomic E-state index is -4.28. The highest BCUT2D eigenvalue weighted by atomic mass is 35.5. The largest absolute Gasteiger partial charge is 0.495 e. The number of amides is 2. The van der Waals surface area contributed by atoms with Gasteiger partial charge in [0.1, 0.15) is 18.3 Å². The molecule has 12 heteroatoms. The van der Waals surface area contributed by atoms with Gasteiger partial charge in [0.15, 0.2) is 0 Å². The minimum Gasteiger partial charge on any atom is -0.495 e. The lowest BCUT2D eigenvalue weighted by atomic mass is 10.1. The molecule has 0 saturated carbocycles. The summed E-state index contributed by atoms with van der Waals surface area (Å²) < 4.78 is 34.3. The van der Waals surface area contributed by atoms with Crippen LogP contribution in [-0.4, -0.2) is 50.9 Å². The third-order valence-electron chi connectivity index (χ3n) is 6.54. The lowest BCUT2D eigenvalue weighted by molar-refractivity contribution is -0.139. The van der Waals surface area contributed by atoms with Gasteiger partial charge in [-0.25, -0.2) is 8.42 Å². The maximum atomic E-state index is 14.1. The summed E-state index contributed by atoms with van der Waals surface area (Å²) in [6.45, 7) is 4.63. The van der Waals surface area contributed by atoms with Gasteiger partial charge in [0.25, 0.3) is 10.0 Å². The standard InChI is InChI=1S/C29H32Cl3N3O5S/c1-5-19(2)33-29(37)20(3)34(17-21-11-12-22(30)15-25(21)32)28(36)18-35(26-16-23(31)13-14-27(26)40-4)41(38,39)24-9-7-6-8-10-24/h6-16,19-20H,5,17-18H2,1-4H3,(H,33,37)/t19-,20-/m1/s1. The molecule has 0 unspecified atom stereocenters. The van der Waals surface area contributed by atoms with E-state index < -0.39 is 34.4 Å². The van der Waals surface area contributed by atoms with Crippen molar-refractivity contribution in [2.45, 2.75) is 50.7 Å². The molecule has 0 aliphatic heterocycles. The van der Waals surface area contributed by atoms with Gasteiger partial charge >= 0.3 is 0 Å². The van der Waals surface area contributed by atoms with Crippen molar-refractivity contribution in [2.75, 3.05) is 18.0 Å². The Morgan fingerprint density at radius 3 is 2.20 bits per heavy atom. The molecule has 0 saturated heterocycles. The molecule has 0 heterocycles. The number of anilines is 1. The van der Waals surface area contributed by atoms with E-state index in [1.807, 2.05) is 13.8 Å². The first kappa shape index (κ1) is 32.5. The van der Waals surface area contributed by atoms with Gasteiger partial charge in [0.2, 0.25) is 11.8 Å². The SMILES string of the molecule is CC[C@@H](C)NC(=O)[C@@H](C)N(Cc1ccc(Cl)cc1Cl)C(=O)CN(c1cc(Cl)ccc1OC)S(=O)(=O)c1ccccc1. The number of rotatable bonds is 12. The van der Waals surface area contributed by atoms with Crippen molar-refractivity contribution in [1.29, 1.82) is 0 Å². The fraction of sp³-hybridized carbons (Fsp3) is 0.310. The van der Waals surface area contributed by atoms with Gasteiger partial charge in [0, 0.05) is 27.7 Å². The van der Waals surface area contributed by atoms with Crippen LogP contribution in [0.15, 0.2) is 71.6 Å². The number of halogens is 3. The van der Waals surface area contributed by atoms with Crippen molar-refractivity contribution in [1.82, 2.24) is 10.2 Å². The summed E-state index contributed by atoms with van der Waals surface area (Å²) in [4.78, 5) is 28.5. The smallest absolute Gasteiger partial charge is 0.264 e. The third kappa shape index (κ3) is 8.07. The molecule has 0 aromatic heterocycles. The summed E-state index contributed by atoms with van der Waals surface area (Å²) in [6.07, 6.45) is 0.688. The Kier molecular flexibility index (Phi) is 11.3. The van der Waals surface area contributed by atoms with E-state index in [1.165, 1.54) is 42.3 Å². The van der Waals surface area contributed by atoms with Crippen LogP contribution in [0.4, 0.5) is 5.69 Å². The molecule has 2 atom stereocenters. The van der Waals surface area contributed by atoms with E-state index in [0.29, 0.717) is 22.0 Å². The molecule has 0 spiro atoms. The molecular weight excluding hydrogens is 609 g/mol. The number of carbonyl (C=O) groups excluding carboxylic acids is 2. The van der Waals surface area contributed by atoms with Crippen LogP contribution in [0.5, 0.6) is 5.75 Å². The second kappa shape index (κ2) is 14.3. The average Bonchev–Trinajstić information content (AvgIpc) is 2.95. The lowest BCUT2D eigenvalue weighted by Crippen LogP contribution is -2.52. The highest BCUT2D eigenvalue weighted by Crippen LogP contribution is 2.35. The summed E-state index contributed by atoms with van der Waals surface area (Å²) in [5, 5.41) is 3.84. The molecule has 220 valence electrons. The monoisotopic (exact) mass is 639 g/mol. The van der Waals surface area contributed by atoms with Crippen molar-refractivity contribution in [3.05, 3.63) is 87.4 Å². The van der Waals surface area contributed by atoms with Gasteiger partial charge < -0.3 is 15.0 Å². The lowest BCUT2D eigenvalue weighted by Gasteiger charge is -2.33. The maximum absolute atomic E-state index is 14.1. The number of hydrogen-bond acceptors (Lipinski definition) is 5. The fourth-order valence-corrected chi connectivity index (χ4v) is 6.04. The van der Waals surface area contributed by atoms with Gasteiger partial charge in [-0.05, 0) is 68.3 Å². The van der Waals surface area contributed by atoms with Gasteiger partial charge in [-0.3, -0.25) is 13.9 Å². The van der Waals surface area contributed by atoms with Crippen molar-refractivity contribution < 1.29 is 22.7 Å². The molecule has 3 aromatic rings. The van der Waals surface area contributed by atoms with Crippen molar-refractivity contribution in [3.63, 3.8) is 0 Å². The van der Waals surface area contributed by atoms with Crippen molar-refractivity contribution in [2.24, 2.45) is 0 Å². The van der Waals surface area contributed by atoms with E-state index >= 15 is 0 Å². The first-order chi connectivity index (χ1) is 19.4. The average molecular weight is 641 g/mol. The molecule has 0 fully saturated rings. The predicted molar refractivity (Wildman–Crippen MR) is 163 cm³/mol. The minimum absolute atomic E-state index is 0.0373. The Labute approximate surface area is 256 Å². The first-order valence-corrected chi connectivity index (χ1v) is 15.4. The van der Waals surface area contributed by atoms with Crippen LogP contribution in [0.1, 0.15) is 32.8 Å². The quantitative estimate of drug-likeness (QED) is 0.255. The van der Waals surface area contributed by atoms with E-state index in [0.717, 1.165) is 4.31 Å². The molecule has 2 amide bonds. The van der Waals surface area contributed by atoms with Crippen molar-refractivity contribution >= 4 is 62.3 Å². The van der Waals surface area contributed by atoms with E-state index in [2.05, 4.69) is 5.32 Å². The molecule has 0 aliphatic carbocycles. The van der Waals surface area contributed by atoms with Gasteiger partial charge in [0.05, 0.1) is 17.7 Å². The third-order valence-corrected chi connectivity index (χ3v) is 9.14. The summed E-state index contributed by atoms with van der Waals surface area (Å²) in [7, 11) is -2.90. The Hall–Kier alpha value is -2.98. The second-order valence-electron chi connectivity index (χ2n) is 9.39. The topological polar surface area (TPSA) is 96.0 Å². The number of hydrogen-bond donors (Lipinski definition) is 1. The van der Waals surface area contributed by atoms with E-state index in [4.69, 9.17) is 39.5 Å². The number of nitrogens with zero attached hydrogens (tertiary/aromatic N) is 2. The van der Waals surface area contributed by atoms with Crippen molar-refractivity contribution in [3.8, 4) is 5.75 Å². The summed E-state index contributed by atoms with van der Waals surface area (Å²) in [5.41, 5.74) is 0.601. The number of carbonyl (C=O) groups is 2.